The molecular weight excluding hydrogens is 362 g/mol. The number of benzene rings is 1. The monoisotopic (exact) mass is 383 g/mol. The van der Waals surface area contributed by atoms with E-state index in [0.29, 0.717) is 17.6 Å². The van der Waals surface area contributed by atoms with Crippen LogP contribution in [0.15, 0.2) is 34.7 Å². The van der Waals surface area contributed by atoms with Gasteiger partial charge < -0.3 is 19.6 Å². The minimum atomic E-state index is -0.547. The van der Waals surface area contributed by atoms with Crippen molar-refractivity contribution in [2.45, 2.75) is 33.3 Å². The first kappa shape index (κ1) is 19.3. The van der Waals surface area contributed by atoms with Crippen molar-refractivity contribution in [2.24, 2.45) is 0 Å². The number of esters is 2. The number of anilines is 1. The summed E-state index contributed by atoms with van der Waals surface area (Å²) in [5, 5.41) is 0.301. The molecule has 8 nitrogen and oxygen atoms in total. The highest BCUT2D eigenvalue weighted by Gasteiger charge is 2.24. The van der Waals surface area contributed by atoms with Crippen LogP contribution in [0, 0.1) is 6.92 Å². The Bertz CT molecular complexity index is 998. The van der Waals surface area contributed by atoms with Crippen LogP contribution in [-0.2, 0) is 27.3 Å². The summed E-state index contributed by atoms with van der Waals surface area (Å²) in [5.74, 6) is -0.308. The third kappa shape index (κ3) is 4.28. The SMILES string of the molecule is CCOC(=O)c1c(C)oc2nc(COC(=O)CCc3ccccc3)nc(N)c12. The Hall–Kier alpha value is -3.42. The van der Waals surface area contributed by atoms with E-state index in [1.54, 1.807) is 13.8 Å². The predicted octanol–water partition coefficient (Wildman–Crippen LogP) is 2.97. The third-order valence-electron chi connectivity index (χ3n) is 4.10. The summed E-state index contributed by atoms with van der Waals surface area (Å²) in [5.41, 5.74) is 7.41. The fourth-order valence-electron chi connectivity index (χ4n) is 2.81. The van der Waals surface area contributed by atoms with Crippen molar-refractivity contribution in [3.63, 3.8) is 0 Å². The number of ether oxygens (including phenoxy) is 2. The van der Waals surface area contributed by atoms with Crippen molar-refractivity contribution < 1.29 is 23.5 Å². The number of carbonyl (C=O) groups is 2. The first-order valence-electron chi connectivity index (χ1n) is 8.91. The van der Waals surface area contributed by atoms with E-state index in [1.807, 2.05) is 30.3 Å². The quantitative estimate of drug-likeness (QED) is 0.619. The molecule has 0 radical (unpaired) electrons. The molecule has 0 aliphatic rings. The minimum absolute atomic E-state index is 0.0697. The van der Waals surface area contributed by atoms with Gasteiger partial charge in [0.1, 0.15) is 17.1 Å². The number of nitrogens with zero attached hydrogens (tertiary/aromatic N) is 2. The topological polar surface area (TPSA) is 118 Å². The van der Waals surface area contributed by atoms with Crippen molar-refractivity contribution in [3.8, 4) is 0 Å². The Labute approximate surface area is 161 Å². The molecule has 2 heterocycles. The first-order chi connectivity index (χ1) is 13.5. The predicted molar refractivity (Wildman–Crippen MR) is 101 cm³/mol. The zero-order valence-electron chi connectivity index (χ0n) is 15.7. The van der Waals surface area contributed by atoms with Crippen LogP contribution in [0.25, 0.3) is 11.1 Å². The van der Waals surface area contributed by atoms with Gasteiger partial charge in [0.15, 0.2) is 12.4 Å². The number of hydrogen-bond acceptors (Lipinski definition) is 8. The number of rotatable bonds is 7. The van der Waals surface area contributed by atoms with Crippen LogP contribution in [0.1, 0.15) is 40.9 Å². The highest BCUT2D eigenvalue weighted by atomic mass is 16.5. The lowest BCUT2D eigenvalue weighted by Gasteiger charge is -2.06. The lowest BCUT2D eigenvalue weighted by atomic mass is 10.1. The molecule has 8 heteroatoms. The maximum atomic E-state index is 12.1. The molecule has 3 aromatic rings. The van der Waals surface area contributed by atoms with Gasteiger partial charge in [-0.2, -0.15) is 4.98 Å². The summed E-state index contributed by atoms with van der Waals surface area (Å²) in [4.78, 5) is 32.4. The fraction of sp³-hybridized carbons (Fsp3) is 0.300. The van der Waals surface area contributed by atoms with E-state index < -0.39 is 5.97 Å². The maximum Gasteiger partial charge on any atom is 0.342 e. The second-order valence-corrected chi connectivity index (χ2v) is 6.11. The van der Waals surface area contributed by atoms with Gasteiger partial charge in [-0.25, -0.2) is 9.78 Å². The molecule has 3 rings (SSSR count). The van der Waals surface area contributed by atoms with E-state index in [4.69, 9.17) is 19.6 Å². The summed E-state index contributed by atoms with van der Waals surface area (Å²) in [7, 11) is 0. The summed E-state index contributed by atoms with van der Waals surface area (Å²) in [6.07, 6.45) is 0.830. The van der Waals surface area contributed by atoms with Gasteiger partial charge in [-0.1, -0.05) is 30.3 Å². The molecular formula is C20H21N3O5. The molecule has 0 atom stereocenters. The van der Waals surface area contributed by atoms with Crippen molar-refractivity contribution in [2.75, 3.05) is 12.3 Å². The normalized spacial score (nSPS) is 10.8. The van der Waals surface area contributed by atoms with Crippen LogP contribution >= 0.6 is 0 Å². The van der Waals surface area contributed by atoms with Gasteiger partial charge in [-0.3, -0.25) is 4.79 Å². The van der Waals surface area contributed by atoms with Crippen LogP contribution in [0.2, 0.25) is 0 Å². The van der Waals surface area contributed by atoms with Gasteiger partial charge in [-0.15, -0.1) is 0 Å². The third-order valence-corrected chi connectivity index (χ3v) is 4.10. The highest BCUT2D eigenvalue weighted by molar-refractivity contribution is 6.07. The molecule has 28 heavy (non-hydrogen) atoms. The number of aryl methyl sites for hydroxylation is 2. The molecule has 0 saturated carbocycles. The van der Waals surface area contributed by atoms with Crippen LogP contribution in [0.5, 0.6) is 0 Å². The van der Waals surface area contributed by atoms with Crippen LogP contribution in [-0.4, -0.2) is 28.5 Å². The summed E-state index contributed by atoms with van der Waals surface area (Å²) in [6.45, 7) is 3.42. The molecule has 0 bridgehead atoms. The highest BCUT2D eigenvalue weighted by Crippen LogP contribution is 2.29. The molecule has 0 unspecified atom stereocenters. The Morgan fingerprint density at radius 2 is 1.89 bits per heavy atom. The van der Waals surface area contributed by atoms with Crippen molar-refractivity contribution in [3.05, 3.63) is 53.0 Å². The van der Waals surface area contributed by atoms with E-state index in [0.717, 1.165) is 5.56 Å². The number of hydrogen-bond donors (Lipinski definition) is 1. The smallest absolute Gasteiger partial charge is 0.342 e. The van der Waals surface area contributed by atoms with E-state index in [1.165, 1.54) is 0 Å². The van der Waals surface area contributed by atoms with Crippen molar-refractivity contribution in [1.82, 2.24) is 9.97 Å². The number of nitrogens with two attached hydrogens (primary N) is 1. The van der Waals surface area contributed by atoms with Crippen molar-refractivity contribution in [1.29, 1.82) is 0 Å². The van der Waals surface area contributed by atoms with E-state index in [-0.39, 0.29) is 48.5 Å². The lowest BCUT2D eigenvalue weighted by molar-refractivity contribution is -0.145. The Balaban J connectivity index is 1.69. The lowest BCUT2D eigenvalue weighted by Crippen LogP contribution is -2.10. The molecule has 146 valence electrons. The van der Waals surface area contributed by atoms with Gasteiger partial charge in [0.05, 0.1) is 12.0 Å². The van der Waals surface area contributed by atoms with Gasteiger partial charge in [0, 0.05) is 6.42 Å². The molecule has 0 aliphatic heterocycles. The molecule has 1 aromatic carbocycles. The van der Waals surface area contributed by atoms with Gasteiger partial charge in [-0.05, 0) is 25.8 Å². The standard InChI is InChI=1S/C20H21N3O5/c1-3-26-20(25)16-12(2)28-19-17(16)18(21)22-14(23-19)11-27-15(24)10-9-13-7-5-4-6-8-13/h4-8H,3,9-11H2,1-2H3,(H2,21,22,23). The second-order valence-electron chi connectivity index (χ2n) is 6.11. The van der Waals surface area contributed by atoms with Crippen molar-refractivity contribution >= 4 is 28.9 Å². The number of fused-ring (bicyclic) bond motifs is 1. The largest absolute Gasteiger partial charge is 0.462 e. The van der Waals surface area contributed by atoms with Crippen LogP contribution in [0.4, 0.5) is 5.82 Å². The van der Waals surface area contributed by atoms with Crippen LogP contribution in [0.3, 0.4) is 0 Å². The zero-order valence-corrected chi connectivity index (χ0v) is 15.7. The number of aromatic nitrogens is 2. The zero-order chi connectivity index (χ0) is 20.1. The average molecular weight is 383 g/mol. The number of furan rings is 1. The Kier molecular flexibility index (Phi) is 5.88. The average Bonchev–Trinajstić information content (AvgIpc) is 3.02. The molecule has 0 amide bonds. The minimum Gasteiger partial charge on any atom is -0.462 e. The molecule has 2 aromatic heterocycles. The summed E-state index contributed by atoms with van der Waals surface area (Å²) < 4.78 is 15.8. The summed E-state index contributed by atoms with van der Waals surface area (Å²) in [6, 6.07) is 9.66. The second kappa shape index (κ2) is 8.51. The number of carbonyl (C=O) groups excluding carboxylic acids is 2. The van der Waals surface area contributed by atoms with E-state index in [9.17, 15) is 9.59 Å². The van der Waals surface area contributed by atoms with E-state index >= 15 is 0 Å². The van der Waals surface area contributed by atoms with Crippen LogP contribution < -0.4 is 5.73 Å². The molecule has 0 fully saturated rings. The van der Waals surface area contributed by atoms with Gasteiger partial charge >= 0.3 is 11.9 Å². The summed E-state index contributed by atoms with van der Waals surface area (Å²) >= 11 is 0. The maximum absolute atomic E-state index is 12.1. The Morgan fingerprint density at radius 1 is 1.14 bits per heavy atom. The Morgan fingerprint density at radius 3 is 2.61 bits per heavy atom. The first-order valence-corrected chi connectivity index (χ1v) is 8.91. The molecule has 0 aliphatic carbocycles. The molecule has 2 N–H and O–H groups in total. The van der Waals surface area contributed by atoms with Gasteiger partial charge in [0.2, 0.25) is 5.71 Å². The van der Waals surface area contributed by atoms with Gasteiger partial charge in [0.25, 0.3) is 0 Å². The molecule has 0 saturated heterocycles. The van der Waals surface area contributed by atoms with E-state index in [2.05, 4.69) is 9.97 Å². The number of nitrogen functional groups attached to an aromatic ring is 1. The fourth-order valence-corrected chi connectivity index (χ4v) is 2.81. The molecule has 0 spiro atoms.